The summed E-state index contributed by atoms with van der Waals surface area (Å²) in [5.74, 6) is -0.552. The molecule has 0 rings (SSSR count). The second kappa shape index (κ2) is 56.5. The highest BCUT2D eigenvalue weighted by molar-refractivity contribution is 7.47. The number of likely N-dealkylation sites (N-methyl/N-ethyl adjacent to an activating group) is 1. The third-order valence-corrected chi connectivity index (χ3v) is 14.8. The summed E-state index contributed by atoms with van der Waals surface area (Å²) in [6.07, 6.45) is 74.5. The molecule has 0 heterocycles. The fraction of sp³-hybridized carbons (Fsp3) is 0.761. The summed E-state index contributed by atoms with van der Waals surface area (Å²) in [4.78, 5) is 37.7. The van der Waals surface area contributed by atoms with Crippen LogP contribution in [0.1, 0.15) is 278 Å². The predicted octanol–water partition coefficient (Wildman–Crippen LogP) is 19.8. The van der Waals surface area contributed by atoms with Crippen LogP contribution in [0.2, 0.25) is 0 Å². The molecule has 0 aromatic carbocycles. The van der Waals surface area contributed by atoms with Crippen LogP contribution in [0.15, 0.2) is 85.1 Å². The Morgan fingerprint density at radius 1 is 0.468 bits per heavy atom. The van der Waals surface area contributed by atoms with Crippen LogP contribution in [0.5, 0.6) is 0 Å². The summed E-state index contributed by atoms with van der Waals surface area (Å²) in [7, 11) is 1.46. The van der Waals surface area contributed by atoms with Gasteiger partial charge in [0.1, 0.15) is 19.3 Å². The summed E-state index contributed by atoms with van der Waals surface area (Å²) in [5.41, 5.74) is 0. The molecule has 0 bridgehead atoms. The number of esters is 1. The van der Waals surface area contributed by atoms with E-state index in [0.717, 1.165) is 89.9 Å². The number of carbonyl (C=O) groups excluding carboxylic acids is 2. The Hall–Kier alpha value is -2.81. The van der Waals surface area contributed by atoms with Gasteiger partial charge in [0.2, 0.25) is 5.91 Å². The first-order valence-electron chi connectivity index (χ1n) is 31.9. The molecule has 0 spiro atoms. The lowest BCUT2D eigenvalue weighted by Gasteiger charge is -2.27. The van der Waals surface area contributed by atoms with Crippen molar-refractivity contribution in [1.29, 1.82) is 0 Å². The minimum atomic E-state index is -4.46. The van der Waals surface area contributed by atoms with E-state index < -0.39 is 20.0 Å². The monoisotopic (exact) mass is 1100 g/mol. The standard InChI is InChI=1S/C67H121N2O7P/c1-7-10-13-16-19-22-25-27-29-31-33-34-36-37-39-41-44-47-50-53-56-59-66(70)68-64(63-75-77(72,73)74-62-61-69(4,5)6)65(58-55-52-49-46-43-24-21-18-15-12-9-3)76-67(71)60-57-54-51-48-45-42-40-38-35-32-30-28-26-23-20-17-14-11-8-2/h10,13,19,22,27,29,33-34,37,39,44,47,55,58,64-65H,7-9,11-12,14-18,20-21,23-26,28,30-32,35-36,38,40-43,45-46,48-54,56-57,59-63H2,1-6H3,(H-,68,70,72,73)/p+1/b13-10-,22-19-,29-27-,34-33-,39-37-,47-44-,58-55+. The van der Waals surface area contributed by atoms with Gasteiger partial charge in [0, 0.05) is 12.8 Å². The van der Waals surface area contributed by atoms with Gasteiger partial charge in [0.05, 0.1) is 33.8 Å². The number of nitrogens with one attached hydrogen (secondary N) is 1. The van der Waals surface area contributed by atoms with Crippen molar-refractivity contribution in [3.8, 4) is 0 Å². The summed E-state index contributed by atoms with van der Waals surface area (Å²) in [6, 6.07) is -0.873. The molecule has 0 aliphatic heterocycles. The van der Waals surface area contributed by atoms with E-state index in [1.807, 2.05) is 33.3 Å². The van der Waals surface area contributed by atoms with Crippen LogP contribution in [0.3, 0.4) is 0 Å². The second-order valence-corrected chi connectivity index (χ2v) is 24.0. The molecular formula is C67H122N2O7P+. The van der Waals surface area contributed by atoms with E-state index >= 15 is 0 Å². The number of allylic oxidation sites excluding steroid dienone is 13. The molecule has 2 N–H and O–H groups in total. The van der Waals surface area contributed by atoms with E-state index in [-0.39, 0.29) is 37.9 Å². The Labute approximate surface area is 476 Å². The SMILES string of the molecule is CC/C=C\C/C=C\C/C=C\C/C=C\C/C=C\C/C=C\CCCCC(=O)NC(COP(=O)(O)OCC[N+](C)(C)C)C(/C=C/CCCCCCCCCCC)OC(=O)CCCCCCCCCCCCCCCCCCCCC. The van der Waals surface area contributed by atoms with Gasteiger partial charge in [0.25, 0.3) is 0 Å². The molecule has 0 aromatic rings. The minimum absolute atomic E-state index is 0.0293. The van der Waals surface area contributed by atoms with Crippen LogP contribution in [0, 0.1) is 0 Å². The van der Waals surface area contributed by atoms with Gasteiger partial charge < -0.3 is 19.4 Å². The van der Waals surface area contributed by atoms with Gasteiger partial charge in [-0.25, -0.2) is 4.57 Å². The number of carbonyl (C=O) groups is 2. The molecule has 0 radical (unpaired) electrons. The van der Waals surface area contributed by atoms with E-state index in [2.05, 4.69) is 99.0 Å². The highest BCUT2D eigenvalue weighted by Gasteiger charge is 2.30. The van der Waals surface area contributed by atoms with Crippen LogP contribution in [-0.2, 0) is 27.9 Å². The number of phosphoric acid groups is 1. The van der Waals surface area contributed by atoms with Crippen molar-refractivity contribution < 1.29 is 37.3 Å². The van der Waals surface area contributed by atoms with Crippen molar-refractivity contribution >= 4 is 19.7 Å². The van der Waals surface area contributed by atoms with Gasteiger partial charge in [0.15, 0.2) is 0 Å². The highest BCUT2D eigenvalue weighted by Crippen LogP contribution is 2.43. The number of hydrogen-bond acceptors (Lipinski definition) is 6. The Morgan fingerprint density at radius 2 is 0.831 bits per heavy atom. The number of nitrogens with zero attached hydrogens (tertiary/aromatic N) is 1. The molecule has 3 unspecified atom stereocenters. The number of hydrogen-bond donors (Lipinski definition) is 2. The molecule has 10 heteroatoms. The molecule has 0 aliphatic carbocycles. The zero-order chi connectivity index (χ0) is 56.4. The van der Waals surface area contributed by atoms with Crippen molar-refractivity contribution in [1.82, 2.24) is 5.32 Å². The van der Waals surface area contributed by atoms with Crippen LogP contribution in [0.4, 0.5) is 0 Å². The first-order chi connectivity index (χ1) is 37.4. The number of unbranched alkanes of at least 4 members (excludes halogenated alkanes) is 29. The van der Waals surface area contributed by atoms with Crippen LogP contribution in [0.25, 0.3) is 0 Å². The van der Waals surface area contributed by atoms with E-state index in [9.17, 15) is 19.0 Å². The molecule has 77 heavy (non-hydrogen) atoms. The number of rotatable bonds is 57. The number of phosphoric ester groups is 1. The third kappa shape index (κ3) is 57.7. The summed E-state index contributed by atoms with van der Waals surface area (Å²) >= 11 is 0. The molecule has 0 saturated heterocycles. The Morgan fingerprint density at radius 3 is 1.26 bits per heavy atom. The largest absolute Gasteiger partial charge is 0.472 e. The first-order valence-corrected chi connectivity index (χ1v) is 33.4. The molecule has 3 atom stereocenters. The average molecular weight is 1100 g/mol. The molecule has 0 saturated carbocycles. The van der Waals surface area contributed by atoms with Crippen molar-refractivity contribution in [3.63, 3.8) is 0 Å². The normalized spacial score (nSPS) is 14.2. The first kappa shape index (κ1) is 74.2. The molecular weight excluding hydrogens is 976 g/mol. The quantitative estimate of drug-likeness (QED) is 0.0205. The van der Waals surface area contributed by atoms with Crippen molar-refractivity contribution in [3.05, 3.63) is 85.1 Å². The van der Waals surface area contributed by atoms with E-state index in [0.29, 0.717) is 17.4 Å². The second-order valence-electron chi connectivity index (χ2n) is 22.6. The van der Waals surface area contributed by atoms with Gasteiger partial charge in [-0.1, -0.05) is 267 Å². The van der Waals surface area contributed by atoms with E-state index in [1.165, 1.54) is 148 Å². The summed E-state index contributed by atoms with van der Waals surface area (Å²) < 4.78 is 30.7. The lowest BCUT2D eigenvalue weighted by molar-refractivity contribution is -0.870. The maximum absolute atomic E-state index is 13.5. The maximum atomic E-state index is 13.5. The van der Waals surface area contributed by atoms with Gasteiger partial charge in [-0.15, -0.1) is 0 Å². The Kier molecular flexibility index (Phi) is 54.4. The molecule has 0 fully saturated rings. The van der Waals surface area contributed by atoms with Crippen molar-refractivity contribution in [2.45, 2.75) is 290 Å². The topological polar surface area (TPSA) is 111 Å². The third-order valence-electron chi connectivity index (χ3n) is 13.8. The van der Waals surface area contributed by atoms with E-state index in [4.69, 9.17) is 13.8 Å². The average Bonchev–Trinajstić information content (AvgIpc) is 3.39. The van der Waals surface area contributed by atoms with Crippen molar-refractivity contribution in [2.24, 2.45) is 0 Å². The smallest absolute Gasteiger partial charge is 0.456 e. The van der Waals surface area contributed by atoms with Gasteiger partial charge in [-0.05, 0) is 83.1 Å². The predicted molar refractivity (Wildman–Crippen MR) is 332 cm³/mol. The van der Waals surface area contributed by atoms with Gasteiger partial charge >= 0.3 is 13.8 Å². The van der Waals surface area contributed by atoms with Gasteiger partial charge in [-0.2, -0.15) is 0 Å². The zero-order valence-corrected chi connectivity index (χ0v) is 51.8. The Bertz CT molecular complexity index is 1590. The number of ether oxygens (including phenoxy) is 1. The molecule has 0 aliphatic rings. The summed E-state index contributed by atoms with van der Waals surface area (Å²) in [5, 5.41) is 3.03. The van der Waals surface area contributed by atoms with E-state index in [1.54, 1.807) is 0 Å². The molecule has 0 aromatic heterocycles. The van der Waals surface area contributed by atoms with Crippen LogP contribution >= 0.6 is 7.82 Å². The molecule has 9 nitrogen and oxygen atoms in total. The fourth-order valence-electron chi connectivity index (χ4n) is 8.94. The van der Waals surface area contributed by atoms with Crippen molar-refractivity contribution in [2.75, 3.05) is 40.9 Å². The maximum Gasteiger partial charge on any atom is 0.472 e. The lowest BCUT2D eigenvalue weighted by Crippen LogP contribution is -2.47. The molecule has 1 amide bonds. The minimum Gasteiger partial charge on any atom is -0.456 e. The highest BCUT2D eigenvalue weighted by atomic mass is 31.2. The number of amides is 1. The molecule has 446 valence electrons. The lowest BCUT2D eigenvalue weighted by atomic mass is 10.0. The Balaban J connectivity index is 5.26. The van der Waals surface area contributed by atoms with Crippen LogP contribution < -0.4 is 5.32 Å². The van der Waals surface area contributed by atoms with Gasteiger partial charge in [-0.3, -0.25) is 18.6 Å². The summed E-state index contributed by atoms with van der Waals surface area (Å²) in [6.45, 7) is 6.87. The van der Waals surface area contributed by atoms with Crippen LogP contribution in [-0.4, -0.2) is 74.3 Å². The number of quaternary nitrogens is 1. The fourth-order valence-corrected chi connectivity index (χ4v) is 9.68. The zero-order valence-electron chi connectivity index (χ0n) is 50.9.